The minimum atomic E-state index is -0.941. The Hall–Kier alpha value is -3.03. The first-order valence-electron chi connectivity index (χ1n) is 12.5. The highest BCUT2D eigenvalue weighted by atomic mass is 16.5. The summed E-state index contributed by atoms with van der Waals surface area (Å²) >= 11 is 0. The van der Waals surface area contributed by atoms with Gasteiger partial charge in [0.2, 0.25) is 0 Å². The van der Waals surface area contributed by atoms with Crippen LogP contribution >= 0.6 is 0 Å². The van der Waals surface area contributed by atoms with Crippen molar-refractivity contribution >= 4 is 16.9 Å². The highest BCUT2D eigenvalue weighted by Gasteiger charge is 2.33. The molecule has 3 aromatic rings. The molecule has 2 aromatic carbocycles. The van der Waals surface area contributed by atoms with E-state index in [1.165, 1.54) is 5.39 Å². The van der Waals surface area contributed by atoms with Crippen molar-refractivity contribution in [1.29, 1.82) is 0 Å². The van der Waals surface area contributed by atoms with E-state index in [1.54, 1.807) is 19.2 Å². The summed E-state index contributed by atoms with van der Waals surface area (Å²) in [4.78, 5) is 17.5. The summed E-state index contributed by atoms with van der Waals surface area (Å²) in [5.74, 6) is 0.617. The third-order valence-corrected chi connectivity index (χ3v) is 7.38. The normalized spacial score (nSPS) is 21.4. The molecule has 7 nitrogen and oxygen atoms in total. The molecule has 7 heteroatoms. The van der Waals surface area contributed by atoms with Crippen LogP contribution in [0.4, 0.5) is 0 Å². The van der Waals surface area contributed by atoms with Crippen LogP contribution in [-0.2, 0) is 11.3 Å². The van der Waals surface area contributed by atoms with Gasteiger partial charge in [0.05, 0.1) is 25.4 Å². The number of carboxylic acids is 1. The summed E-state index contributed by atoms with van der Waals surface area (Å²) < 4.78 is 18.3. The zero-order valence-corrected chi connectivity index (χ0v) is 20.5. The summed E-state index contributed by atoms with van der Waals surface area (Å²) in [6.45, 7) is 5.03. The van der Waals surface area contributed by atoms with Gasteiger partial charge in [-0.05, 0) is 68.9 Å². The van der Waals surface area contributed by atoms with Crippen LogP contribution in [-0.4, -0.2) is 53.9 Å². The number of ether oxygens (including phenoxy) is 3. The molecule has 1 saturated heterocycles. The molecule has 2 N–H and O–H groups in total. The Bertz CT molecular complexity index is 1200. The van der Waals surface area contributed by atoms with Gasteiger partial charge in [0.25, 0.3) is 0 Å². The molecule has 35 heavy (non-hydrogen) atoms. The molecule has 0 aliphatic carbocycles. The number of H-pyrrole nitrogens is 1. The van der Waals surface area contributed by atoms with Crippen LogP contribution < -0.4 is 9.47 Å². The van der Waals surface area contributed by atoms with Crippen molar-refractivity contribution in [3.63, 3.8) is 0 Å². The number of nitrogens with one attached hydrogen (secondary N) is 1. The summed E-state index contributed by atoms with van der Waals surface area (Å²) in [6, 6.07) is 9.57. The number of aromatic amines is 1. The average Bonchev–Trinajstić information content (AvgIpc) is 3.35. The monoisotopic (exact) mass is 478 g/mol. The lowest BCUT2D eigenvalue weighted by atomic mass is 9.90. The van der Waals surface area contributed by atoms with E-state index in [9.17, 15) is 9.90 Å². The molecule has 0 spiro atoms. The Balaban J connectivity index is 1.55. The number of likely N-dealkylation sites (tertiary alicyclic amines) is 1. The molecular weight excluding hydrogens is 444 g/mol. The lowest BCUT2D eigenvalue weighted by molar-refractivity contribution is -0.0216. The summed E-state index contributed by atoms with van der Waals surface area (Å²) in [6.07, 6.45) is 6.93. The van der Waals surface area contributed by atoms with Crippen LogP contribution in [0.5, 0.6) is 11.5 Å². The molecule has 2 atom stereocenters. The fourth-order valence-corrected chi connectivity index (χ4v) is 5.51. The molecule has 0 radical (unpaired) electrons. The number of rotatable bonds is 4. The fourth-order valence-electron chi connectivity index (χ4n) is 5.51. The number of aryl methyl sites for hydroxylation is 1. The minimum Gasteiger partial charge on any atom is -0.496 e. The second-order valence-corrected chi connectivity index (χ2v) is 9.61. The van der Waals surface area contributed by atoms with Gasteiger partial charge in [-0.2, -0.15) is 0 Å². The van der Waals surface area contributed by atoms with Gasteiger partial charge >= 0.3 is 5.97 Å². The number of aromatic carboxylic acids is 1. The van der Waals surface area contributed by atoms with E-state index in [0.717, 1.165) is 79.8 Å². The van der Waals surface area contributed by atoms with Gasteiger partial charge in [-0.15, -0.1) is 0 Å². The first-order chi connectivity index (χ1) is 17.0. The molecule has 2 aliphatic rings. The molecule has 3 heterocycles. The Labute approximate surface area is 206 Å². The second-order valence-electron chi connectivity index (χ2n) is 9.61. The van der Waals surface area contributed by atoms with Crippen LogP contribution in [0, 0.1) is 6.92 Å². The topological polar surface area (TPSA) is 84.0 Å². The lowest BCUT2D eigenvalue weighted by Gasteiger charge is -2.40. The number of aromatic nitrogens is 1. The third-order valence-electron chi connectivity index (χ3n) is 7.38. The largest absolute Gasteiger partial charge is 0.496 e. The smallest absolute Gasteiger partial charge is 0.335 e. The van der Waals surface area contributed by atoms with Gasteiger partial charge in [-0.1, -0.05) is 6.07 Å². The number of hydrogen-bond acceptors (Lipinski definition) is 5. The number of benzene rings is 2. The molecule has 2 aliphatic heterocycles. The Kier molecular flexibility index (Phi) is 6.97. The van der Waals surface area contributed by atoms with Crippen molar-refractivity contribution in [3.8, 4) is 11.5 Å². The van der Waals surface area contributed by atoms with E-state index in [2.05, 4.69) is 28.9 Å². The molecule has 5 rings (SSSR count). The lowest BCUT2D eigenvalue weighted by Crippen LogP contribution is -2.40. The number of fused-ring (bicyclic) bond motifs is 5. The Morgan fingerprint density at radius 3 is 2.89 bits per heavy atom. The van der Waals surface area contributed by atoms with E-state index >= 15 is 0 Å². The maximum absolute atomic E-state index is 11.7. The average molecular weight is 479 g/mol. The first kappa shape index (κ1) is 23.7. The molecule has 186 valence electrons. The third kappa shape index (κ3) is 4.88. The Morgan fingerprint density at radius 1 is 1.20 bits per heavy atom. The zero-order chi connectivity index (χ0) is 24.4. The summed E-state index contributed by atoms with van der Waals surface area (Å²) in [7, 11) is 1.73. The molecule has 2 bridgehead atoms. The zero-order valence-electron chi connectivity index (χ0n) is 20.5. The quantitative estimate of drug-likeness (QED) is 0.517. The number of methoxy groups -OCH3 is 1. The van der Waals surface area contributed by atoms with Crippen LogP contribution in [0.15, 0.2) is 36.5 Å². The van der Waals surface area contributed by atoms with Crippen LogP contribution in [0.25, 0.3) is 10.9 Å². The van der Waals surface area contributed by atoms with Crippen LogP contribution in [0.2, 0.25) is 0 Å². The number of carbonyl (C=O) groups is 1. The molecule has 0 unspecified atom stereocenters. The van der Waals surface area contributed by atoms with Gasteiger partial charge in [-0.25, -0.2) is 4.79 Å². The predicted molar refractivity (Wildman–Crippen MR) is 134 cm³/mol. The maximum atomic E-state index is 11.7. The summed E-state index contributed by atoms with van der Waals surface area (Å²) in [5, 5.41) is 10.7. The molecular formula is C28H34N2O5. The minimum absolute atomic E-state index is 0.0472. The van der Waals surface area contributed by atoms with Crippen molar-refractivity contribution in [3.05, 3.63) is 58.8 Å². The maximum Gasteiger partial charge on any atom is 0.335 e. The molecule has 0 saturated carbocycles. The van der Waals surface area contributed by atoms with Crippen molar-refractivity contribution in [2.24, 2.45) is 0 Å². The SMILES string of the molecule is COc1cc(C)c2[nH]ccc2c1CN1CC[C@H]2C[C@H]1c1ccc(C(=O)O)cc1OCCCCCO2. The van der Waals surface area contributed by atoms with Crippen molar-refractivity contribution < 1.29 is 24.1 Å². The van der Waals surface area contributed by atoms with E-state index in [0.29, 0.717) is 12.4 Å². The predicted octanol–water partition coefficient (Wildman–Crippen LogP) is 5.47. The van der Waals surface area contributed by atoms with Crippen LogP contribution in [0.3, 0.4) is 0 Å². The first-order valence-corrected chi connectivity index (χ1v) is 12.5. The van der Waals surface area contributed by atoms with Gasteiger partial charge in [0.1, 0.15) is 11.5 Å². The van der Waals surface area contributed by atoms with Crippen LogP contribution in [0.1, 0.15) is 65.2 Å². The van der Waals surface area contributed by atoms with E-state index in [4.69, 9.17) is 14.2 Å². The van der Waals surface area contributed by atoms with E-state index in [1.807, 2.05) is 12.3 Å². The molecule has 0 amide bonds. The Morgan fingerprint density at radius 2 is 2.06 bits per heavy atom. The number of nitrogens with zero attached hydrogens (tertiary/aromatic N) is 1. The van der Waals surface area contributed by atoms with Gasteiger partial charge < -0.3 is 24.3 Å². The fraction of sp³-hybridized carbons (Fsp3) is 0.464. The number of piperidine rings is 1. The second kappa shape index (κ2) is 10.3. The number of hydrogen-bond donors (Lipinski definition) is 2. The van der Waals surface area contributed by atoms with E-state index < -0.39 is 5.97 Å². The van der Waals surface area contributed by atoms with Gasteiger partial charge in [0.15, 0.2) is 0 Å². The van der Waals surface area contributed by atoms with Crippen molar-refractivity contribution in [1.82, 2.24) is 9.88 Å². The standard InChI is InChI=1S/C28H34N2O5/c1-18-14-25(33-2)23(21-8-10-29-27(18)21)17-30-11-9-20-16-24(30)22-7-6-19(28(31)32)15-26(22)35-13-5-3-4-12-34-20/h6-8,10,14-15,20,24,29H,3-5,9,11-13,16-17H2,1-2H3,(H,31,32)/t20-,24-/m0/s1. The number of carboxylic acid groups (broad SMARTS) is 1. The highest BCUT2D eigenvalue weighted by molar-refractivity contribution is 5.89. The molecule has 1 aromatic heterocycles. The van der Waals surface area contributed by atoms with Crippen molar-refractivity contribution in [2.75, 3.05) is 26.9 Å². The van der Waals surface area contributed by atoms with Crippen molar-refractivity contribution in [2.45, 2.75) is 57.7 Å². The highest BCUT2D eigenvalue weighted by Crippen LogP contribution is 2.41. The molecule has 1 fully saturated rings. The van der Waals surface area contributed by atoms with Gasteiger partial charge in [0, 0.05) is 54.0 Å². The van der Waals surface area contributed by atoms with Gasteiger partial charge in [-0.3, -0.25) is 4.90 Å². The van der Waals surface area contributed by atoms with E-state index in [-0.39, 0.29) is 17.7 Å². The summed E-state index contributed by atoms with van der Waals surface area (Å²) in [5.41, 5.74) is 4.72.